The van der Waals surface area contributed by atoms with E-state index in [0.717, 1.165) is 17.8 Å². The van der Waals surface area contributed by atoms with E-state index in [-0.39, 0.29) is 0 Å². The monoisotopic (exact) mass is 249 g/mol. The normalized spacial score (nSPS) is 10.5. The van der Waals surface area contributed by atoms with Crippen LogP contribution < -0.4 is 0 Å². The van der Waals surface area contributed by atoms with Gasteiger partial charge in [-0.05, 0) is 6.42 Å². The molecule has 0 fully saturated rings. The maximum atomic E-state index is 8.89. The van der Waals surface area contributed by atoms with Gasteiger partial charge in [-0.3, -0.25) is 4.68 Å². The number of rotatable bonds is 3. The third kappa shape index (κ3) is 2.04. The zero-order valence-electron chi connectivity index (χ0n) is 9.68. The molecule has 2 aromatic rings. The van der Waals surface area contributed by atoms with Gasteiger partial charge < -0.3 is 4.57 Å². The average Bonchev–Trinajstić information content (AvgIpc) is 2.88. The highest BCUT2D eigenvalue weighted by atomic mass is 35.5. The highest BCUT2D eigenvalue weighted by Gasteiger charge is 2.14. The Hall–Kier alpha value is -1.80. The van der Waals surface area contributed by atoms with Crippen LogP contribution in [-0.4, -0.2) is 19.3 Å². The molecule has 0 aromatic carbocycles. The molecule has 0 spiro atoms. The van der Waals surface area contributed by atoms with Crippen molar-refractivity contribution in [2.45, 2.75) is 19.9 Å². The van der Waals surface area contributed by atoms with Crippen LogP contribution in [0.3, 0.4) is 0 Å². The lowest BCUT2D eigenvalue weighted by Gasteiger charge is -2.04. The number of nitriles is 1. The molecular weight excluding hydrogens is 238 g/mol. The fourth-order valence-electron chi connectivity index (χ4n) is 1.70. The standard InChI is InChI=1S/C11H12ClN5/c1-3-8-11(12)9(16(2)15-8)7-17-5-4-14-10(17)6-13/h4-5H,3,7H2,1-2H3. The summed E-state index contributed by atoms with van der Waals surface area (Å²) >= 11 is 6.24. The minimum absolute atomic E-state index is 0.375. The highest BCUT2D eigenvalue weighted by molar-refractivity contribution is 6.31. The van der Waals surface area contributed by atoms with Crippen LogP contribution >= 0.6 is 11.6 Å². The molecule has 17 heavy (non-hydrogen) atoms. The molecule has 88 valence electrons. The predicted molar refractivity (Wildman–Crippen MR) is 63.6 cm³/mol. The first-order valence-corrected chi connectivity index (χ1v) is 5.66. The third-order valence-electron chi connectivity index (χ3n) is 2.64. The quantitative estimate of drug-likeness (QED) is 0.833. The topological polar surface area (TPSA) is 59.4 Å². The zero-order valence-corrected chi connectivity index (χ0v) is 10.4. The first-order chi connectivity index (χ1) is 8.17. The largest absolute Gasteiger partial charge is 0.317 e. The first-order valence-electron chi connectivity index (χ1n) is 5.28. The van der Waals surface area contributed by atoms with Crippen LogP contribution in [0, 0.1) is 11.3 Å². The van der Waals surface area contributed by atoms with Crippen molar-refractivity contribution in [2.24, 2.45) is 7.05 Å². The van der Waals surface area contributed by atoms with Crippen molar-refractivity contribution >= 4 is 11.6 Å². The molecule has 0 saturated heterocycles. The van der Waals surface area contributed by atoms with Crippen molar-refractivity contribution in [2.75, 3.05) is 0 Å². The van der Waals surface area contributed by atoms with Crippen LogP contribution in [0.4, 0.5) is 0 Å². The zero-order chi connectivity index (χ0) is 12.4. The lowest BCUT2D eigenvalue weighted by atomic mass is 10.3. The van der Waals surface area contributed by atoms with Gasteiger partial charge in [0, 0.05) is 19.4 Å². The molecule has 6 heteroatoms. The number of aryl methyl sites for hydroxylation is 2. The summed E-state index contributed by atoms with van der Waals surface area (Å²) in [7, 11) is 1.85. The molecule has 0 aliphatic heterocycles. The van der Waals surface area contributed by atoms with Gasteiger partial charge in [-0.15, -0.1) is 0 Å². The van der Waals surface area contributed by atoms with Crippen LogP contribution in [0.15, 0.2) is 12.4 Å². The van der Waals surface area contributed by atoms with E-state index >= 15 is 0 Å². The number of imidazole rings is 1. The number of hydrogen-bond donors (Lipinski definition) is 0. The van der Waals surface area contributed by atoms with E-state index < -0.39 is 0 Å². The minimum atomic E-state index is 0.375. The Morgan fingerprint density at radius 3 is 2.88 bits per heavy atom. The molecular formula is C11H12ClN5. The summed E-state index contributed by atoms with van der Waals surface area (Å²) in [6.45, 7) is 2.52. The van der Waals surface area contributed by atoms with Crippen LogP contribution in [0.25, 0.3) is 0 Å². The molecule has 0 amide bonds. The van der Waals surface area contributed by atoms with Gasteiger partial charge in [0.15, 0.2) is 0 Å². The van der Waals surface area contributed by atoms with Gasteiger partial charge >= 0.3 is 0 Å². The average molecular weight is 250 g/mol. The number of aromatic nitrogens is 4. The molecule has 2 rings (SSSR count). The van der Waals surface area contributed by atoms with Gasteiger partial charge in [0.1, 0.15) is 6.07 Å². The Balaban J connectivity index is 2.37. The second-order valence-corrected chi connectivity index (χ2v) is 4.05. The third-order valence-corrected chi connectivity index (χ3v) is 3.07. The van der Waals surface area contributed by atoms with Crippen molar-refractivity contribution in [3.8, 4) is 6.07 Å². The van der Waals surface area contributed by atoms with Gasteiger partial charge in [0.05, 0.1) is 23.0 Å². The van der Waals surface area contributed by atoms with Gasteiger partial charge in [-0.1, -0.05) is 18.5 Å². The lowest BCUT2D eigenvalue weighted by Crippen LogP contribution is -2.07. The van der Waals surface area contributed by atoms with Crippen molar-refractivity contribution in [1.29, 1.82) is 5.26 Å². The van der Waals surface area contributed by atoms with E-state index in [9.17, 15) is 0 Å². The van der Waals surface area contributed by atoms with Crippen molar-refractivity contribution in [1.82, 2.24) is 19.3 Å². The molecule has 0 aliphatic carbocycles. The Bertz CT molecular complexity index is 575. The van der Waals surface area contributed by atoms with Crippen molar-refractivity contribution in [3.63, 3.8) is 0 Å². The maximum absolute atomic E-state index is 8.89. The van der Waals surface area contributed by atoms with E-state index in [2.05, 4.69) is 10.1 Å². The Kier molecular flexibility index (Phi) is 3.16. The SMILES string of the molecule is CCc1nn(C)c(Cn2ccnc2C#N)c1Cl. The summed E-state index contributed by atoms with van der Waals surface area (Å²) in [5, 5.41) is 13.9. The summed E-state index contributed by atoms with van der Waals surface area (Å²) < 4.78 is 3.50. The molecule has 0 bridgehead atoms. The first kappa shape index (κ1) is 11.7. The Labute approximate surface area is 104 Å². The van der Waals surface area contributed by atoms with Gasteiger partial charge in [0.2, 0.25) is 5.82 Å². The van der Waals surface area contributed by atoms with Crippen LogP contribution in [0.5, 0.6) is 0 Å². The summed E-state index contributed by atoms with van der Waals surface area (Å²) in [6, 6.07) is 2.03. The van der Waals surface area contributed by atoms with Gasteiger partial charge in [-0.25, -0.2) is 4.98 Å². The fraction of sp³-hybridized carbons (Fsp3) is 0.364. The predicted octanol–water partition coefficient (Wildman–Crippen LogP) is 1.75. The van der Waals surface area contributed by atoms with Crippen LogP contribution in [0.1, 0.15) is 24.1 Å². The van der Waals surface area contributed by atoms with Crippen molar-refractivity contribution in [3.05, 3.63) is 34.6 Å². The Morgan fingerprint density at radius 1 is 1.53 bits per heavy atom. The molecule has 2 aromatic heterocycles. The fourth-order valence-corrected chi connectivity index (χ4v) is 2.06. The smallest absolute Gasteiger partial charge is 0.213 e. The van der Waals surface area contributed by atoms with E-state index in [1.807, 2.05) is 20.0 Å². The molecule has 5 nitrogen and oxygen atoms in total. The van der Waals surface area contributed by atoms with Gasteiger partial charge in [0.25, 0.3) is 0 Å². The van der Waals surface area contributed by atoms with E-state index in [4.69, 9.17) is 16.9 Å². The second kappa shape index (κ2) is 4.60. The number of nitrogens with zero attached hydrogens (tertiary/aromatic N) is 5. The lowest BCUT2D eigenvalue weighted by molar-refractivity contribution is 0.656. The molecule has 0 unspecified atom stereocenters. The molecule has 0 aliphatic rings. The van der Waals surface area contributed by atoms with Crippen LogP contribution in [-0.2, 0) is 20.0 Å². The summed E-state index contributed by atoms with van der Waals surface area (Å²) in [5.74, 6) is 0.375. The molecule has 0 saturated carbocycles. The number of halogens is 1. The van der Waals surface area contributed by atoms with Gasteiger partial charge in [-0.2, -0.15) is 10.4 Å². The van der Waals surface area contributed by atoms with E-state index in [0.29, 0.717) is 17.4 Å². The Morgan fingerprint density at radius 2 is 2.29 bits per heavy atom. The molecule has 0 atom stereocenters. The molecule has 0 radical (unpaired) electrons. The number of hydrogen-bond acceptors (Lipinski definition) is 3. The summed E-state index contributed by atoms with van der Waals surface area (Å²) in [4.78, 5) is 3.95. The highest BCUT2D eigenvalue weighted by Crippen LogP contribution is 2.21. The molecule has 0 N–H and O–H groups in total. The van der Waals surface area contributed by atoms with E-state index in [1.165, 1.54) is 0 Å². The summed E-state index contributed by atoms with van der Waals surface area (Å²) in [5.41, 5.74) is 1.76. The maximum Gasteiger partial charge on any atom is 0.213 e. The van der Waals surface area contributed by atoms with E-state index in [1.54, 1.807) is 21.6 Å². The van der Waals surface area contributed by atoms with Crippen LogP contribution in [0.2, 0.25) is 5.02 Å². The second-order valence-electron chi connectivity index (χ2n) is 3.68. The molecule has 2 heterocycles. The summed E-state index contributed by atoms with van der Waals surface area (Å²) in [6.07, 6.45) is 4.15. The minimum Gasteiger partial charge on any atom is -0.317 e. The van der Waals surface area contributed by atoms with Crippen molar-refractivity contribution < 1.29 is 0 Å².